The van der Waals surface area contributed by atoms with Crippen LogP contribution in [0.2, 0.25) is 0 Å². The molecule has 1 heterocycles. The zero-order valence-electron chi connectivity index (χ0n) is 10.2. The molecule has 0 fully saturated rings. The van der Waals surface area contributed by atoms with E-state index in [0.717, 1.165) is 0 Å². The fourth-order valence-electron chi connectivity index (χ4n) is 1.44. The van der Waals surface area contributed by atoms with Crippen molar-refractivity contribution < 1.29 is 19.5 Å². The Bertz CT molecular complexity index is 470. The van der Waals surface area contributed by atoms with Crippen molar-refractivity contribution >= 4 is 17.9 Å². The average molecular weight is 269 g/mol. The number of primary amides is 1. The minimum atomic E-state index is -0.918. The standard InChI is InChI=1S/C10H15N5O4/c11-10(19)12-8(16)6-15-5-7(13-14-15)3-1-2-4-9(17)18/h5H,1-4,6H2,(H,17,18)(H3,11,12,16,19). The Morgan fingerprint density at radius 3 is 2.74 bits per heavy atom. The van der Waals surface area contributed by atoms with E-state index >= 15 is 0 Å². The number of nitrogens with two attached hydrogens (primary N) is 1. The van der Waals surface area contributed by atoms with Crippen LogP contribution in [-0.2, 0) is 22.6 Å². The molecule has 0 unspecified atom stereocenters. The zero-order valence-corrected chi connectivity index (χ0v) is 10.2. The van der Waals surface area contributed by atoms with Crippen molar-refractivity contribution in [1.82, 2.24) is 20.3 Å². The number of carbonyl (C=O) groups excluding carboxylic acids is 2. The van der Waals surface area contributed by atoms with E-state index < -0.39 is 17.9 Å². The summed E-state index contributed by atoms with van der Waals surface area (Å²) in [5.74, 6) is -1.40. The number of carbonyl (C=O) groups is 3. The molecule has 0 bridgehead atoms. The lowest BCUT2D eigenvalue weighted by molar-refractivity contribution is -0.137. The SMILES string of the molecule is NC(=O)NC(=O)Cn1cc(CCCCC(=O)O)nn1. The molecule has 0 radical (unpaired) electrons. The number of aliphatic carboxylic acids is 1. The quantitative estimate of drug-likeness (QED) is 0.557. The predicted octanol–water partition coefficient (Wildman–Crippen LogP) is -0.730. The number of nitrogens with one attached hydrogen (secondary N) is 1. The van der Waals surface area contributed by atoms with Gasteiger partial charge in [0.25, 0.3) is 0 Å². The highest BCUT2D eigenvalue weighted by atomic mass is 16.4. The highest BCUT2D eigenvalue weighted by molar-refractivity contribution is 5.93. The molecule has 1 aromatic rings. The van der Waals surface area contributed by atoms with E-state index in [1.165, 1.54) is 4.68 Å². The van der Waals surface area contributed by atoms with Crippen LogP contribution < -0.4 is 11.1 Å². The third-order valence-electron chi connectivity index (χ3n) is 2.23. The second kappa shape index (κ2) is 7.09. The number of hydrogen-bond donors (Lipinski definition) is 3. The van der Waals surface area contributed by atoms with Crippen molar-refractivity contribution in [3.63, 3.8) is 0 Å². The van der Waals surface area contributed by atoms with Crippen LogP contribution in [0.1, 0.15) is 25.0 Å². The molecular weight excluding hydrogens is 254 g/mol. The van der Waals surface area contributed by atoms with Crippen LogP contribution in [0, 0.1) is 0 Å². The highest BCUT2D eigenvalue weighted by Gasteiger charge is 2.07. The number of urea groups is 1. The minimum Gasteiger partial charge on any atom is -0.481 e. The Morgan fingerprint density at radius 2 is 2.11 bits per heavy atom. The van der Waals surface area contributed by atoms with Gasteiger partial charge in [-0.05, 0) is 19.3 Å². The second-order valence-electron chi connectivity index (χ2n) is 3.92. The van der Waals surface area contributed by atoms with Gasteiger partial charge in [-0.1, -0.05) is 5.21 Å². The van der Waals surface area contributed by atoms with Gasteiger partial charge in [0.15, 0.2) is 0 Å². The van der Waals surface area contributed by atoms with Crippen molar-refractivity contribution in [2.24, 2.45) is 5.73 Å². The number of hydrogen-bond acceptors (Lipinski definition) is 5. The molecule has 9 heteroatoms. The molecule has 1 rings (SSSR count). The molecule has 0 aromatic carbocycles. The van der Waals surface area contributed by atoms with Gasteiger partial charge in [-0.2, -0.15) is 0 Å². The smallest absolute Gasteiger partial charge is 0.318 e. The molecule has 4 N–H and O–H groups in total. The molecule has 1 aromatic heterocycles. The first-order valence-electron chi connectivity index (χ1n) is 5.67. The first-order chi connectivity index (χ1) is 8.97. The van der Waals surface area contributed by atoms with E-state index in [2.05, 4.69) is 10.3 Å². The summed E-state index contributed by atoms with van der Waals surface area (Å²) < 4.78 is 1.28. The van der Waals surface area contributed by atoms with E-state index in [4.69, 9.17) is 10.8 Å². The van der Waals surface area contributed by atoms with Gasteiger partial charge >= 0.3 is 12.0 Å². The normalized spacial score (nSPS) is 10.1. The molecule has 0 atom stereocenters. The topological polar surface area (TPSA) is 140 Å². The number of aromatic nitrogens is 3. The molecule has 0 saturated heterocycles. The highest BCUT2D eigenvalue weighted by Crippen LogP contribution is 2.03. The zero-order chi connectivity index (χ0) is 14.3. The van der Waals surface area contributed by atoms with Crippen LogP contribution in [0.5, 0.6) is 0 Å². The summed E-state index contributed by atoms with van der Waals surface area (Å²) in [6, 6.07) is -0.918. The van der Waals surface area contributed by atoms with Crippen molar-refractivity contribution in [3.05, 3.63) is 11.9 Å². The molecular formula is C10H15N5O4. The Labute approximate surface area is 108 Å². The molecule has 3 amide bonds. The average Bonchev–Trinajstić information content (AvgIpc) is 2.70. The lowest BCUT2D eigenvalue weighted by Gasteiger charge is -1.99. The van der Waals surface area contributed by atoms with Gasteiger partial charge in [-0.3, -0.25) is 14.9 Å². The molecule has 9 nitrogen and oxygen atoms in total. The van der Waals surface area contributed by atoms with Gasteiger partial charge in [0.1, 0.15) is 6.54 Å². The lowest BCUT2D eigenvalue weighted by Crippen LogP contribution is -2.37. The van der Waals surface area contributed by atoms with Crippen LogP contribution >= 0.6 is 0 Å². The number of imide groups is 1. The first-order valence-corrected chi connectivity index (χ1v) is 5.67. The van der Waals surface area contributed by atoms with Gasteiger partial charge in [0.2, 0.25) is 5.91 Å². The number of aryl methyl sites for hydroxylation is 1. The maximum absolute atomic E-state index is 11.2. The fraction of sp³-hybridized carbons (Fsp3) is 0.500. The Balaban J connectivity index is 2.33. The number of rotatable bonds is 7. The van der Waals surface area contributed by atoms with Gasteiger partial charge < -0.3 is 10.8 Å². The van der Waals surface area contributed by atoms with E-state index in [1.54, 1.807) is 6.20 Å². The fourth-order valence-corrected chi connectivity index (χ4v) is 1.44. The number of carboxylic acids is 1. The third kappa shape index (κ3) is 6.15. The summed E-state index contributed by atoms with van der Waals surface area (Å²) in [5.41, 5.74) is 5.46. The van der Waals surface area contributed by atoms with E-state index in [1.807, 2.05) is 5.32 Å². The second-order valence-corrected chi connectivity index (χ2v) is 3.92. The largest absolute Gasteiger partial charge is 0.481 e. The molecule has 0 saturated carbocycles. The number of unbranched alkanes of at least 4 members (excludes halogenated alkanes) is 1. The van der Waals surface area contributed by atoms with Crippen LogP contribution in [0.15, 0.2) is 6.20 Å². The van der Waals surface area contributed by atoms with Crippen LogP contribution in [0.4, 0.5) is 4.79 Å². The van der Waals surface area contributed by atoms with Crippen LogP contribution in [-0.4, -0.2) is 38.0 Å². The summed E-state index contributed by atoms with van der Waals surface area (Å²) in [7, 11) is 0. The molecule has 0 aliphatic carbocycles. The Morgan fingerprint density at radius 1 is 1.37 bits per heavy atom. The molecule has 104 valence electrons. The molecule has 0 spiro atoms. The van der Waals surface area contributed by atoms with Gasteiger partial charge in [0.05, 0.1) is 5.69 Å². The molecule has 19 heavy (non-hydrogen) atoms. The summed E-state index contributed by atoms with van der Waals surface area (Å²) >= 11 is 0. The van der Waals surface area contributed by atoms with E-state index in [-0.39, 0.29) is 13.0 Å². The lowest BCUT2D eigenvalue weighted by atomic mass is 10.1. The molecule has 0 aliphatic heterocycles. The summed E-state index contributed by atoms with van der Waals surface area (Å²) in [6.07, 6.45) is 3.52. The summed E-state index contributed by atoms with van der Waals surface area (Å²) in [5, 5.41) is 17.9. The van der Waals surface area contributed by atoms with E-state index in [0.29, 0.717) is 25.0 Å². The number of nitrogens with zero attached hydrogens (tertiary/aromatic N) is 3. The van der Waals surface area contributed by atoms with Gasteiger partial charge in [0, 0.05) is 12.6 Å². The summed E-state index contributed by atoms with van der Waals surface area (Å²) in [4.78, 5) is 31.9. The maximum Gasteiger partial charge on any atom is 0.318 e. The number of carboxylic acid groups (broad SMARTS) is 1. The Hall–Kier alpha value is -2.45. The number of amides is 3. The summed E-state index contributed by atoms with van der Waals surface area (Å²) in [6.45, 7) is -0.148. The van der Waals surface area contributed by atoms with Gasteiger partial charge in [-0.15, -0.1) is 5.10 Å². The monoisotopic (exact) mass is 269 g/mol. The first kappa shape index (κ1) is 14.6. The Kier molecular flexibility index (Phi) is 5.45. The third-order valence-corrected chi connectivity index (χ3v) is 2.23. The maximum atomic E-state index is 11.2. The van der Waals surface area contributed by atoms with Crippen molar-refractivity contribution in [3.8, 4) is 0 Å². The van der Waals surface area contributed by atoms with E-state index in [9.17, 15) is 14.4 Å². The molecule has 0 aliphatic rings. The van der Waals surface area contributed by atoms with Crippen LogP contribution in [0.3, 0.4) is 0 Å². The van der Waals surface area contributed by atoms with Crippen LogP contribution in [0.25, 0.3) is 0 Å². The minimum absolute atomic E-state index is 0.120. The van der Waals surface area contributed by atoms with Gasteiger partial charge in [-0.25, -0.2) is 9.48 Å². The van der Waals surface area contributed by atoms with Crippen molar-refractivity contribution in [2.45, 2.75) is 32.2 Å². The predicted molar refractivity (Wildman–Crippen MR) is 62.9 cm³/mol. The van der Waals surface area contributed by atoms with Crippen molar-refractivity contribution in [1.29, 1.82) is 0 Å². The van der Waals surface area contributed by atoms with Crippen molar-refractivity contribution in [2.75, 3.05) is 0 Å².